The summed E-state index contributed by atoms with van der Waals surface area (Å²) in [5.41, 5.74) is 5.44. The van der Waals surface area contributed by atoms with Gasteiger partial charge >= 0.3 is 6.01 Å². The van der Waals surface area contributed by atoms with Crippen LogP contribution in [-0.2, 0) is 14.4 Å². The lowest BCUT2D eigenvalue weighted by Crippen LogP contribution is -2.60. The van der Waals surface area contributed by atoms with Gasteiger partial charge in [-0.2, -0.15) is 15.2 Å². The summed E-state index contributed by atoms with van der Waals surface area (Å²) in [4.78, 5) is 65.9. The highest BCUT2D eigenvalue weighted by Crippen LogP contribution is 2.45. The molecule has 4 aliphatic rings. The highest BCUT2D eigenvalue weighted by molar-refractivity contribution is 7.13. The number of halogens is 2. The van der Waals surface area contributed by atoms with E-state index in [-0.39, 0.29) is 108 Å². The topological polar surface area (TPSA) is 206 Å². The SMILES string of the molecule is C=CC(=O)N1CCN(c2nc(OCCN3CCC4(CC3)CN(c3cc([C@@H](C(=O)N5C[C@H](O)C[C@H]5C(=O)C[C@@H](C)c5ccc(-c6scnc6C)cc5)C(C)C)on3)C4)nc3c(F)c(-c4cc(O)cc5ccccc45)c(Cl)cc23)C[C@@H]1CC#N. The largest absolute Gasteiger partial charge is 0.508 e. The number of carbonyl (C=O) groups excluding carboxylic acids is 3. The summed E-state index contributed by atoms with van der Waals surface area (Å²) in [6.45, 7) is 16.4. The van der Waals surface area contributed by atoms with E-state index in [0.29, 0.717) is 52.2 Å². The van der Waals surface area contributed by atoms with Gasteiger partial charge in [0.15, 0.2) is 23.2 Å². The molecule has 0 bridgehead atoms. The van der Waals surface area contributed by atoms with Gasteiger partial charge in [-0.15, -0.1) is 11.3 Å². The van der Waals surface area contributed by atoms with Crippen LogP contribution in [0.2, 0.25) is 5.02 Å². The number of aromatic nitrogens is 4. The van der Waals surface area contributed by atoms with Gasteiger partial charge in [0.1, 0.15) is 29.6 Å². The minimum Gasteiger partial charge on any atom is -0.508 e. The highest BCUT2D eigenvalue weighted by atomic mass is 35.5. The molecule has 2 amide bonds. The van der Waals surface area contributed by atoms with Crippen LogP contribution in [0.1, 0.15) is 81.7 Å². The number of aromatic hydroxyl groups is 1. The Balaban J connectivity index is 0.729. The van der Waals surface area contributed by atoms with Gasteiger partial charge in [0, 0.05) is 81.1 Å². The predicted octanol–water partition coefficient (Wildman–Crippen LogP) is 9.93. The number of aryl methyl sites for hydroxylation is 1. The minimum atomic E-state index is -0.808. The summed E-state index contributed by atoms with van der Waals surface area (Å²) >= 11 is 8.58. The van der Waals surface area contributed by atoms with E-state index in [2.05, 4.69) is 49.7 Å². The van der Waals surface area contributed by atoms with E-state index in [1.54, 1.807) is 33.3 Å². The first-order valence-corrected chi connectivity index (χ1v) is 29.3. The molecule has 7 heterocycles. The number of benzene rings is 4. The lowest BCUT2D eigenvalue weighted by Gasteiger charge is -2.54. The molecule has 426 valence electrons. The van der Waals surface area contributed by atoms with Gasteiger partial charge in [-0.05, 0) is 96.4 Å². The molecule has 0 radical (unpaired) electrons. The van der Waals surface area contributed by atoms with Gasteiger partial charge in [0.05, 0.1) is 51.8 Å². The van der Waals surface area contributed by atoms with Crippen molar-refractivity contribution in [1.82, 2.24) is 34.8 Å². The molecule has 0 saturated carbocycles. The number of aliphatic hydroxyl groups excluding tert-OH is 1. The summed E-state index contributed by atoms with van der Waals surface area (Å²) in [7, 11) is 0. The van der Waals surface area contributed by atoms with E-state index in [1.165, 1.54) is 12.1 Å². The van der Waals surface area contributed by atoms with Crippen molar-refractivity contribution in [3.8, 4) is 39.4 Å². The molecule has 0 unspecified atom stereocenters. The molecule has 4 saturated heterocycles. The third-order valence-corrected chi connectivity index (χ3v) is 18.4. The van der Waals surface area contributed by atoms with Crippen molar-refractivity contribution in [2.45, 2.75) is 89.8 Å². The zero-order valence-electron chi connectivity index (χ0n) is 46.4. The molecule has 82 heavy (non-hydrogen) atoms. The minimum absolute atomic E-state index is 0.0256. The monoisotopic (exact) mass is 1150 g/mol. The predicted molar refractivity (Wildman–Crippen MR) is 314 cm³/mol. The number of rotatable bonds is 17. The number of thiazole rings is 1. The van der Waals surface area contributed by atoms with Gasteiger partial charge < -0.3 is 39.1 Å². The van der Waals surface area contributed by atoms with E-state index >= 15 is 4.39 Å². The molecular formula is C62H66ClFN10O7S. The average molecular weight is 1150 g/mol. The number of Topliss-reactive ketones (excluding diaryl/α,β-unsaturated/α-hetero) is 1. The fourth-order valence-corrected chi connectivity index (χ4v) is 13.8. The van der Waals surface area contributed by atoms with Gasteiger partial charge in [0.2, 0.25) is 11.8 Å². The number of aliphatic hydroxyl groups is 1. The third-order valence-electron chi connectivity index (χ3n) is 17.1. The van der Waals surface area contributed by atoms with E-state index in [0.717, 1.165) is 60.7 Å². The van der Waals surface area contributed by atoms with Crippen molar-refractivity contribution in [1.29, 1.82) is 5.26 Å². The van der Waals surface area contributed by atoms with Crippen molar-refractivity contribution in [2.75, 3.05) is 75.3 Å². The molecule has 20 heteroatoms. The number of hydrogen-bond acceptors (Lipinski definition) is 16. The number of β-amino-alcohol motifs (C(OH)–C–C–N with tert-alkyl or cyclic N) is 1. The Labute approximate surface area is 484 Å². The van der Waals surface area contributed by atoms with Crippen LogP contribution in [0.4, 0.5) is 16.0 Å². The number of likely N-dealkylation sites (tertiary alicyclic amines) is 2. The van der Waals surface area contributed by atoms with Crippen molar-refractivity contribution < 1.29 is 38.2 Å². The lowest BCUT2D eigenvalue weighted by atomic mass is 9.72. The Morgan fingerprint density at radius 2 is 1.76 bits per heavy atom. The van der Waals surface area contributed by atoms with Crippen LogP contribution < -0.4 is 14.5 Å². The number of piperidine rings is 1. The number of fused-ring (bicyclic) bond motifs is 2. The summed E-state index contributed by atoms with van der Waals surface area (Å²) in [6.07, 6.45) is 2.79. The molecule has 3 aromatic heterocycles. The maximum absolute atomic E-state index is 17.3. The number of nitriles is 1. The van der Waals surface area contributed by atoms with E-state index in [4.69, 9.17) is 25.8 Å². The first-order chi connectivity index (χ1) is 39.5. The number of phenolic OH excluding ortho intramolecular Hbond substituents is 1. The van der Waals surface area contributed by atoms with Crippen LogP contribution in [0.25, 0.3) is 43.2 Å². The number of piperazine rings is 1. The Hall–Kier alpha value is -7.50. The molecule has 7 aromatic rings. The molecule has 0 aliphatic carbocycles. The van der Waals surface area contributed by atoms with Crippen molar-refractivity contribution in [3.05, 3.63) is 119 Å². The number of phenols is 1. The summed E-state index contributed by atoms with van der Waals surface area (Å²) in [6, 6.07) is 23.1. The number of hydrogen-bond donors (Lipinski definition) is 2. The van der Waals surface area contributed by atoms with Crippen LogP contribution in [0.15, 0.2) is 95.5 Å². The van der Waals surface area contributed by atoms with Crippen LogP contribution in [0.3, 0.4) is 0 Å². The number of amides is 2. The van der Waals surface area contributed by atoms with Gasteiger partial charge in [-0.25, -0.2) is 9.37 Å². The summed E-state index contributed by atoms with van der Waals surface area (Å²) < 4.78 is 29.6. The maximum Gasteiger partial charge on any atom is 0.319 e. The zero-order valence-corrected chi connectivity index (χ0v) is 48.0. The standard InChI is InChI=1S/C62H66ClFN10O7S/c1-6-53(78)73-22-21-71(31-42(73)15-18-65)59-47-29-48(63)55(46-27-43(75)26-41-9-7-8-10-45(41)46)56(64)57(47)67-61(68-59)80-24-23-70-19-16-62(17-20-70)33-72(34-62)52-30-51(81-69-52)54(36(2)3)60(79)74-32-44(76)28-49(74)50(77)25-37(4)39-11-13-40(14-12-39)58-38(5)66-35-82-58/h6-14,26-27,29-30,35-37,42,44,49,54,75-76H,1,15-17,19-25,28,31-34H2,2-5H3/t37-,42+,44-,49+,54+/m1/s1. The third kappa shape index (κ3) is 11.1. The summed E-state index contributed by atoms with van der Waals surface area (Å²) in [5, 5.41) is 37.6. The number of ether oxygens (including phenoxy) is 1. The fourth-order valence-electron chi connectivity index (χ4n) is 12.7. The molecule has 17 nitrogen and oxygen atoms in total. The number of nitrogens with zero attached hydrogens (tertiary/aromatic N) is 10. The van der Waals surface area contributed by atoms with Crippen LogP contribution >= 0.6 is 22.9 Å². The Kier molecular flexibility index (Phi) is 16.1. The van der Waals surface area contributed by atoms with Gasteiger partial charge in [-0.3, -0.25) is 19.3 Å². The molecule has 11 rings (SSSR count). The molecule has 2 N–H and O–H groups in total. The Morgan fingerprint density at radius 3 is 2.48 bits per heavy atom. The quantitative estimate of drug-likeness (QED) is 0.0814. The fraction of sp³-hybridized carbons (Fsp3) is 0.419. The van der Waals surface area contributed by atoms with Crippen molar-refractivity contribution in [2.24, 2.45) is 11.3 Å². The van der Waals surface area contributed by atoms with Gasteiger partial charge in [-0.1, -0.05) is 92.6 Å². The second-order valence-corrected chi connectivity index (χ2v) is 24.2. The molecule has 4 fully saturated rings. The first-order valence-electron chi connectivity index (χ1n) is 28.1. The molecule has 4 aliphatic heterocycles. The van der Waals surface area contributed by atoms with Crippen molar-refractivity contribution in [3.63, 3.8) is 0 Å². The zero-order chi connectivity index (χ0) is 57.6. The average Bonchev–Trinajstić information content (AvgIpc) is 3.15. The van der Waals surface area contributed by atoms with Crippen LogP contribution in [0.5, 0.6) is 11.8 Å². The Bertz CT molecular complexity index is 3610. The highest BCUT2D eigenvalue weighted by Gasteiger charge is 2.47. The summed E-state index contributed by atoms with van der Waals surface area (Å²) in [5.74, 6) is -0.853. The molecule has 4 aromatic carbocycles. The van der Waals surface area contributed by atoms with E-state index in [9.17, 15) is 29.9 Å². The normalized spacial score (nSPS) is 19.9. The van der Waals surface area contributed by atoms with Crippen LogP contribution in [-0.4, -0.2) is 146 Å². The Morgan fingerprint density at radius 1 is 0.988 bits per heavy atom. The smallest absolute Gasteiger partial charge is 0.319 e. The number of ketones is 1. The molecule has 5 atom stereocenters. The van der Waals surface area contributed by atoms with Gasteiger partial charge in [0.25, 0.3) is 0 Å². The number of anilines is 2. The first kappa shape index (κ1) is 56.4. The molecular weight excluding hydrogens is 1080 g/mol. The second kappa shape index (κ2) is 23.4. The van der Waals surface area contributed by atoms with E-state index in [1.807, 2.05) is 80.6 Å². The van der Waals surface area contributed by atoms with E-state index < -0.39 is 29.9 Å². The second-order valence-electron chi connectivity index (χ2n) is 22.9. The maximum atomic E-state index is 17.3. The lowest BCUT2D eigenvalue weighted by molar-refractivity contribution is -0.140. The van der Waals surface area contributed by atoms with Crippen molar-refractivity contribution >= 4 is 73.8 Å². The van der Waals surface area contributed by atoms with Crippen LogP contribution in [0, 0.1) is 35.4 Å². The number of carbonyl (C=O) groups is 3. The molecule has 1 spiro atoms.